The summed E-state index contributed by atoms with van der Waals surface area (Å²) < 4.78 is 27.3. The van der Waals surface area contributed by atoms with E-state index in [1.165, 1.54) is 5.56 Å². The molecule has 0 saturated carbocycles. The third-order valence-electron chi connectivity index (χ3n) is 5.88. The largest absolute Gasteiger partial charge is 0.355 e. The van der Waals surface area contributed by atoms with Crippen LogP contribution < -0.4 is 5.32 Å². The van der Waals surface area contributed by atoms with Crippen LogP contribution in [0.25, 0.3) is 0 Å². The zero-order valence-corrected chi connectivity index (χ0v) is 19.8. The molecule has 1 fully saturated rings. The van der Waals surface area contributed by atoms with Crippen molar-refractivity contribution in [3.8, 4) is 0 Å². The molecule has 1 heterocycles. The average Bonchev–Trinajstić information content (AvgIpc) is 3.09. The first-order valence-electron chi connectivity index (χ1n) is 11.5. The van der Waals surface area contributed by atoms with Crippen molar-refractivity contribution in [1.29, 1.82) is 0 Å². The molecule has 1 saturated heterocycles. The van der Waals surface area contributed by atoms with Gasteiger partial charge in [0.05, 0.1) is 4.90 Å². The van der Waals surface area contributed by atoms with Crippen molar-refractivity contribution in [2.75, 3.05) is 33.2 Å². The Morgan fingerprint density at radius 1 is 0.938 bits per heavy atom. The summed E-state index contributed by atoms with van der Waals surface area (Å²) in [6.07, 6.45) is 5.02. The van der Waals surface area contributed by atoms with Gasteiger partial charge < -0.3 is 10.2 Å². The Morgan fingerprint density at radius 3 is 2.25 bits per heavy atom. The Labute approximate surface area is 192 Å². The molecule has 6 nitrogen and oxygen atoms in total. The van der Waals surface area contributed by atoms with Crippen LogP contribution in [0.5, 0.6) is 0 Å². The monoisotopic (exact) mass is 457 g/mol. The highest BCUT2D eigenvalue weighted by molar-refractivity contribution is 7.89. The third-order valence-corrected chi connectivity index (χ3v) is 7.79. The third kappa shape index (κ3) is 7.43. The van der Waals surface area contributed by atoms with Crippen LogP contribution in [0, 0.1) is 0 Å². The minimum atomic E-state index is -3.43. The van der Waals surface area contributed by atoms with Crippen molar-refractivity contribution in [2.45, 2.75) is 50.0 Å². The molecule has 0 radical (unpaired) electrons. The molecule has 174 valence electrons. The van der Waals surface area contributed by atoms with Gasteiger partial charge in [0.1, 0.15) is 0 Å². The van der Waals surface area contributed by atoms with E-state index in [4.69, 9.17) is 0 Å². The quantitative estimate of drug-likeness (QED) is 0.593. The van der Waals surface area contributed by atoms with Crippen LogP contribution in [0.15, 0.2) is 59.5 Å². The van der Waals surface area contributed by atoms with Crippen molar-refractivity contribution >= 4 is 15.9 Å². The van der Waals surface area contributed by atoms with Gasteiger partial charge in [0.2, 0.25) is 15.9 Å². The van der Waals surface area contributed by atoms with E-state index < -0.39 is 10.0 Å². The molecular weight excluding hydrogens is 422 g/mol. The lowest BCUT2D eigenvalue weighted by Crippen LogP contribution is -2.32. The molecule has 2 aromatic carbocycles. The fourth-order valence-electron chi connectivity index (χ4n) is 3.97. The van der Waals surface area contributed by atoms with Crippen LogP contribution in [0.4, 0.5) is 0 Å². The van der Waals surface area contributed by atoms with E-state index in [1.807, 2.05) is 37.4 Å². The second-order valence-corrected chi connectivity index (χ2v) is 10.5. The second-order valence-electron chi connectivity index (χ2n) is 8.54. The standard InChI is InChI=1S/C25H35N3O3S/c1-27(21-23-9-5-4-6-10-23)20-17-26-25(29)16-13-22-11-14-24(15-12-22)32(30,31)28-18-7-2-3-8-19-28/h4-6,9-12,14-15H,2-3,7-8,13,16-21H2,1H3,(H,26,29). The molecule has 0 spiro atoms. The molecule has 2 aromatic rings. The van der Waals surface area contributed by atoms with Crippen LogP contribution in [0.2, 0.25) is 0 Å². The molecule has 0 bridgehead atoms. The van der Waals surface area contributed by atoms with Crippen molar-refractivity contribution in [3.05, 3.63) is 65.7 Å². The van der Waals surface area contributed by atoms with E-state index >= 15 is 0 Å². The summed E-state index contributed by atoms with van der Waals surface area (Å²) in [5.74, 6) is 0.0133. The van der Waals surface area contributed by atoms with Gasteiger partial charge in [-0.2, -0.15) is 4.31 Å². The predicted molar refractivity (Wildman–Crippen MR) is 128 cm³/mol. The normalized spacial score (nSPS) is 15.4. The summed E-state index contributed by atoms with van der Waals surface area (Å²) in [4.78, 5) is 14.7. The Morgan fingerprint density at radius 2 is 1.59 bits per heavy atom. The first kappa shape index (κ1) is 24.4. The SMILES string of the molecule is CN(CCNC(=O)CCc1ccc(S(=O)(=O)N2CCCCCC2)cc1)Cc1ccccc1. The highest BCUT2D eigenvalue weighted by Crippen LogP contribution is 2.21. The summed E-state index contributed by atoms with van der Waals surface area (Å²) in [7, 11) is -1.38. The lowest BCUT2D eigenvalue weighted by molar-refractivity contribution is -0.121. The highest BCUT2D eigenvalue weighted by atomic mass is 32.2. The van der Waals surface area contributed by atoms with Crippen LogP contribution >= 0.6 is 0 Å². The van der Waals surface area contributed by atoms with E-state index in [0.717, 1.165) is 44.3 Å². The van der Waals surface area contributed by atoms with Crippen LogP contribution in [0.3, 0.4) is 0 Å². The van der Waals surface area contributed by atoms with E-state index in [1.54, 1.807) is 16.4 Å². The van der Waals surface area contributed by atoms with Gasteiger partial charge in [-0.05, 0) is 49.6 Å². The molecule has 7 heteroatoms. The molecule has 0 aromatic heterocycles. The number of nitrogens with one attached hydrogen (secondary N) is 1. The Bertz CT molecular complexity index is 938. The fourth-order valence-corrected chi connectivity index (χ4v) is 5.48. The topological polar surface area (TPSA) is 69.7 Å². The minimum Gasteiger partial charge on any atom is -0.355 e. The summed E-state index contributed by atoms with van der Waals surface area (Å²) in [6, 6.07) is 17.3. The second kappa shape index (κ2) is 12.1. The van der Waals surface area contributed by atoms with Gasteiger partial charge in [-0.15, -0.1) is 0 Å². The number of sulfonamides is 1. The fraction of sp³-hybridized carbons (Fsp3) is 0.480. The first-order chi connectivity index (χ1) is 15.4. The van der Waals surface area contributed by atoms with E-state index in [0.29, 0.717) is 37.4 Å². The molecule has 32 heavy (non-hydrogen) atoms. The van der Waals surface area contributed by atoms with Gasteiger partial charge in [0.25, 0.3) is 0 Å². The minimum absolute atomic E-state index is 0.0133. The Hall–Kier alpha value is -2.22. The van der Waals surface area contributed by atoms with Crippen LogP contribution in [-0.2, 0) is 27.8 Å². The van der Waals surface area contributed by atoms with E-state index in [-0.39, 0.29) is 5.91 Å². The molecule has 1 aliphatic rings. The molecular formula is C25H35N3O3S. The number of carbonyl (C=O) groups is 1. The summed E-state index contributed by atoms with van der Waals surface area (Å²) >= 11 is 0. The van der Waals surface area contributed by atoms with Crippen molar-refractivity contribution in [3.63, 3.8) is 0 Å². The first-order valence-corrected chi connectivity index (χ1v) is 13.0. The molecule has 3 rings (SSSR count). The Balaban J connectivity index is 1.40. The number of nitrogens with zero attached hydrogens (tertiary/aromatic N) is 2. The predicted octanol–water partition coefficient (Wildman–Crippen LogP) is 3.43. The van der Waals surface area contributed by atoms with E-state index in [2.05, 4.69) is 22.3 Å². The number of hydrogen-bond donors (Lipinski definition) is 1. The summed E-state index contributed by atoms with van der Waals surface area (Å²) in [5.41, 5.74) is 2.22. The maximum atomic E-state index is 12.9. The summed E-state index contributed by atoms with van der Waals surface area (Å²) in [5, 5.41) is 2.97. The molecule has 1 amide bonds. The smallest absolute Gasteiger partial charge is 0.243 e. The number of rotatable bonds is 10. The number of amides is 1. The highest BCUT2D eigenvalue weighted by Gasteiger charge is 2.24. The molecule has 1 aliphatic heterocycles. The zero-order chi connectivity index (χ0) is 22.8. The van der Waals surface area contributed by atoms with Gasteiger partial charge in [0, 0.05) is 39.1 Å². The van der Waals surface area contributed by atoms with Gasteiger partial charge in [0.15, 0.2) is 0 Å². The lowest BCUT2D eigenvalue weighted by Gasteiger charge is -2.20. The lowest BCUT2D eigenvalue weighted by atomic mass is 10.1. The van der Waals surface area contributed by atoms with Crippen molar-refractivity contribution in [1.82, 2.24) is 14.5 Å². The number of benzene rings is 2. The van der Waals surface area contributed by atoms with Gasteiger partial charge in [-0.1, -0.05) is 55.3 Å². The number of hydrogen-bond acceptors (Lipinski definition) is 4. The molecule has 1 N–H and O–H groups in total. The zero-order valence-electron chi connectivity index (χ0n) is 19.0. The molecule has 0 atom stereocenters. The molecule has 0 unspecified atom stereocenters. The molecule has 0 aliphatic carbocycles. The van der Waals surface area contributed by atoms with Crippen molar-refractivity contribution < 1.29 is 13.2 Å². The average molecular weight is 458 g/mol. The van der Waals surface area contributed by atoms with Gasteiger partial charge in [-0.25, -0.2) is 8.42 Å². The van der Waals surface area contributed by atoms with Crippen LogP contribution in [-0.4, -0.2) is 56.8 Å². The van der Waals surface area contributed by atoms with Crippen LogP contribution in [0.1, 0.15) is 43.2 Å². The number of aryl methyl sites for hydroxylation is 1. The van der Waals surface area contributed by atoms with Gasteiger partial charge >= 0.3 is 0 Å². The van der Waals surface area contributed by atoms with E-state index in [9.17, 15) is 13.2 Å². The van der Waals surface area contributed by atoms with Gasteiger partial charge in [-0.3, -0.25) is 4.79 Å². The summed E-state index contributed by atoms with van der Waals surface area (Å²) in [6.45, 7) is 3.44. The Kier molecular flexibility index (Phi) is 9.26. The van der Waals surface area contributed by atoms with Crippen molar-refractivity contribution in [2.24, 2.45) is 0 Å². The number of likely N-dealkylation sites (N-methyl/N-ethyl adjacent to an activating group) is 1. The maximum Gasteiger partial charge on any atom is 0.243 e. The maximum absolute atomic E-state index is 12.9. The number of carbonyl (C=O) groups excluding carboxylic acids is 1.